The van der Waals surface area contributed by atoms with E-state index in [1.807, 2.05) is 67.0 Å². The maximum absolute atomic E-state index is 13.3. The van der Waals surface area contributed by atoms with Crippen LogP contribution >= 0.6 is 0 Å². The van der Waals surface area contributed by atoms with E-state index in [9.17, 15) is 19.8 Å². The molecule has 2 aliphatic carbocycles. The molecule has 18 nitrogen and oxygen atoms in total. The van der Waals surface area contributed by atoms with Gasteiger partial charge in [-0.15, -0.1) is 0 Å². The Kier molecular flexibility index (Phi) is 12.1. The SMILES string of the molecule is CC(C)Nc1cc(-n2cnc3c[n+](C#N)cnc32)ncc1C(=O)NC1CCC(O)(c2ccnn2C)CC1.Cn1nccc1C1(O)CCC(NC(=O)OC(C)(C)C)CC1. The van der Waals surface area contributed by atoms with E-state index < -0.39 is 22.9 Å². The lowest BCUT2D eigenvalue weighted by Gasteiger charge is -2.36. The van der Waals surface area contributed by atoms with Crippen molar-refractivity contribution in [2.24, 2.45) is 14.1 Å². The number of anilines is 1. The van der Waals surface area contributed by atoms with E-state index in [2.05, 4.69) is 41.1 Å². The summed E-state index contributed by atoms with van der Waals surface area (Å²) in [5.41, 5.74) is 1.53. The van der Waals surface area contributed by atoms with Crippen molar-refractivity contribution in [1.29, 1.82) is 5.26 Å². The summed E-state index contributed by atoms with van der Waals surface area (Å²) in [5, 5.41) is 48.6. The number of nitrogens with one attached hydrogen (secondary N) is 3. The van der Waals surface area contributed by atoms with Crippen LogP contribution in [0.3, 0.4) is 0 Å². The smallest absolute Gasteiger partial charge is 0.407 e. The number of hydrogen-bond donors (Lipinski definition) is 5. The predicted molar refractivity (Wildman–Crippen MR) is 212 cm³/mol. The van der Waals surface area contributed by atoms with Crippen LogP contribution in [0.2, 0.25) is 0 Å². The third-order valence-electron chi connectivity index (χ3n) is 10.6. The number of carbonyl (C=O) groups excluding carboxylic acids is 2. The van der Waals surface area contributed by atoms with Gasteiger partial charge in [0.25, 0.3) is 5.91 Å². The second-order valence-electron chi connectivity index (χ2n) is 16.5. The molecule has 308 valence electrons. The Bertz CT molecular complexity index is 2270. The Hall–Kier alpha value is -5.93. The van der Waals surface area contributed by atoms with E-state index in [0.29, 0.717) is 66.8 Å². The number of hydrogen-bond acceptors (Lipinski definition) is 12. The first kappa shape index (κ1) is 41.7. The average molecular weight is 797 g/mol. The van der Waals surface area contributed by atoms with Gasteiger partial charge < -0.3 is 30.9 Å². The minimum Gasteiger partial charge on any atom is -0.444 e. The molecular weight excluding hydrogens is 743 g/mol. The zero-order valence-electron chi connectivity index (χ0n) is 34.2. The highest BCUT2D eigenvalue weighted by Gasteiger charge is 2.39. The standard InChI is InChI=1S/C25H28N10O2.C15H25N3O3/c1-16(2)31-19-10-22(35-15-28-20-12-34(13-26)14-29-23(20)35)27-11-18(19)24(36)32-17-4-7-25(37,8-5-17)21-6-9-30-33(21)3;1-14(2,3)21-13(19)17-11-5-8-15(20,9-6-11)12-7-10-16-18(12)4/h6,9-12,14-17,37H,4-5,7-8H2,1-3H3,(H-,27,31,32,36);7,10-11,20H,5-6,8-9H2,1-4H3,(H,17,19)/p+1. The highest BCUT2D eigenvalue weighted by molar-refractivity contribution is 5.99. The number of fused-ring (bicyclic) bond motifs is 1. The van der Waals surface area contributed by atoms with Crippen LogP contribution in [0.4, 0.5) is 10.5 Å². The quantitative estimate of drug-likeness (QED) is 0.142. The van der Waals surface area contributed by atoms with E-state index in [4.69, 9.17) is 10.00 Å². The van der Waals surface area contributed by atoms with Crippen molar-refractivity contribution in [1.82, 2.24) is 49.7 Å². The van der Waals surface area contributed by atoms with Gasteiger partial charge >= 0.3 is 12.3 Å². The lowest BCUT2D eigenvalue weighted by Crippen LogP contribution is -2.44. The van der Waals surface area contributed by atoms with Gasteiger partial charge in [-0.1, -0.05) is 4.98 Å². The van der Waals surface area contributed by atoms with E-state index >= 15 is 0 Å². The lowest BCUT2D eigenvalue weighted by molar-refractivity contribution is -0.588. The highest BCUT2D eigenvalue weighted by Crippen LogP contribution is 2.38. The molecule has 0 bridgehead atoms. The molecule has 0 spiro atoms. The largest absolute Gasteiger partial charge is 0.444 e. The fourth-order valence-electron chi connectivity index (χ4n) is 7.66. The minimum absolute atomic E-state index is 0.0494. The van der Waals surface area contributed by atoms with Gasteiger partial charge in [0.05, 0.1) is 22.6 Å². The number of ether oxygens (including phenoxy) is 1. The second-order valence-corrected chi connectivity index (χ2v) is 16.5. The van der Waals surface area contributed by atoms with Crippen molar-refractivity contribution < 1.29 is 29.1 Å². The molecule has 0 atom stereocenters. The van der Waals surface area contributed by atoms with E-state index in [-0.39, 0.29) is 24.0 Å². The first-order valence-electron chi connectivity index (χ1n) is 19.6. The molecule has 58 heavy (non-hydrogen) atoms. The number of aliphatic hydroxyl groups is 2. The second kappa shape index (κ2) is 16.9. The topological polar surface area (TPSA) is 227 Å². The number of pyridine rings is 1. The molecule has 5 aromatic rings. The number of alkyl carbamates (subject to hydrolysis) is 1. The molecule has 0 saturated heterocycles. The summed E-state index contributed by atoms with van der Waals surface area (Å²) in [4.78, 5) is 38.2. The van der Waals surface area contributed by atoms with Gasteiger partial charge in [0, 0.05) is 62.1 Å². The van der Waals surface area contributed by atoms with Crippen molar-refractivity contribution in [3.05, 3.63) is 72.6 Å². The van der Waals surface area contributed by atoms with Gasteiger partial charge in [0.15, 0.2) is 5.52 Å². The summed E-state index contributed by atoms with van der Waals surface area (Å²) in [7, 11) is 3.66. The number of nitrogens with zero attached hydrogens (tertiary/aromatic N) is 10. The Labute approximate surface area is 337 Å². The summed E-state index contributed by atoms with van der Waals surface area (Å²) < 4.78 is 11.7. The zero-order valence-corrected chi connectivity index (χ0v) is 34.2. The lowest BCUT2D eigenvalue weighted by atomic mass is 9.80. The number of rotatable bonds is 8. The monoisotopic (exact) mass is 796 g/mol. The van der Waals surface area contributed by atoms with Crippen LogP contribution in [0, 0.1) is 11.5 Å². The molecule has 0 aliphatic heterocycles. The third kappa shape index (κ3) is 9.60. The molecule has 5 heterocycles. The molecule has 0 aromatic carbocycles. The van der Waals surface area contributed by atoms with Gasteiger partial charge in [-0.3, -0.25) is 18.7 Å². The van der Waals surface area contributed by atoms with Crippen LogP contribution in [-0.2, 0) is 30.0 Å². The molecular formula is C40H54N13O5+. The Balaban J connectivity index is 0.000000229. The molecule has 7 rings (SSSR count). The number of nitriles is 1. The maximum Gasteiger partial charge on any atom is 0.407 e. The number of aromatic nitrogens is 9. The molecule has 2 amide bonds. The van der Waals surface area contributed by atoms with Crippen LogP contribution in [0.1, 0.15) is 108 Å². The Morgan fingerprint density at radius 3 is 2.00 bits per heavy atom. The van der Waals surface area contributed by atoms with Crippen LogP contribution in [-0.4, -0.2) is 85.0 Å². The number of aryl methyl sites for hydroxylation is 2. The molecule has 5 N–H and O–H groups in total. The van der Waals surface area contributed by atoms with Gasteiger partial charge in [-0.2, -0.15) is 14.8 Å². The van der Waals surface area contributed by atoms with Crippen LogP contribution in [0.25, 0.3) is 17.0 Å². The third-order valence-corrected chi connectivity index (χ3v) is 10.6. The minimum atomic E-state index is -0.936. The van der Waals surface area contributed by atoms with Crippen molar-refractivity contribution in [3.63, 3.8) is 0 Å². The van der Waals surface area contributed by atoms with E-state index in [0.717, 1.165) is 24.2 Å². The van der Waals surface area contributed by atoms with Crippen molar-refractivity contribution >= 4 is 28.9 Å². The van der Waals surface area contributed by atoms with Crippen molar-refractivity contribution in [3.8, 4) is 12.0 Å². The fourth-order valence-corrected chi connectivity index (χ4v) is 7.66. The molecule has 0 unspecified atom stereocenters. The average Bonchev–Trinajstić information content (AvgIpc) is 3.92. The normalized spacial score (nSPS) is 22.1. The van der Waals surface area contributed by atoms with Gasteiger partial charge in [-0.05, 0) is 98.1 Å². The Morgan fingerprint density at radius 2 is 1.50 bits per heavy atom. The molecule has 2 fully saturated rings. The summed E-state index contributed by atoms with van der Waals surface area (Å²) in [6.45, 7) is 9.52. The number of imidazole rings is 1. The van der Waals surface area contributed by atoms with Gasteiger partial charge in [-0.25, -0.2) is 14.8 Å². The zero-order chi connectivity index (χ0) is 41.8. The molecule has 5 aromatic heterocycles. The van der Waals surface area contributed by atoms with Crippen LogP contribution in [0.5, 0.6) is 0 Å². The van der Waals surface area contributed by atoms with E-state index in [1.54, 1.807) is 51.1 Å². The highest BCUT2D eigenvalue weighted by atomic mass is 16.6. The first-order chi connectivity index (χ1) is 27.5. The van der Waals surface area contributed by atoms with Gasteiger partial charge in [0.2, 0.25) is 12.0 Å². The predicted octanol–water partition coefficient (Wildman–Crippen LogP) is 3.62. The molecule has 18 heteroatoms. The Morgan fingerprint density at radius 1 is 0.931 bits per heavy atom. The molecule has 2 aliphatic rings. The number of carbonyl (C=O) groups is 2. The summed E-state index contributed by atoms with van der Waals surface area (Å²) >= 11 is 0. The summed E-state index contributed by atoms with van der Waals surface area (Å²) in [6, 6.07) is 5.57. The fraction of sp³-hybridized carbons (Fsp3) is 0.525. The van der Waals surface area contributed by atoms with Crippen molar-refractivity contribution in [2.75, 3.05) is 5.32 Å². The first-order valence-corrected chi connectivity index (χ1v) is 19.6. The summed E-state index contributed by atoms with van der Waals surface area (Å²) in [5.74, 6) is 0.324. The number of amides is 2. The molecule has 0 radical (unpaired) electrons. The van der Waals surface area contributed by atoms with Crippen LogP contribution in [0.15, 0.2) is 55.6 Å². The van der Waals surface area contributed by atoms with Gasteiger partial charge in [0.1, 0.15) is 35.1 Å². The van der Waals surface area contributed by atoms with E-state index in [1.165, 1.54) is 10.9 Å². The van der Waals surface area contributed by atoms with Crippen LogP contribution < -0.4 is 20.5 Å². The molecule has 2 saturated carbocycles. The summed E-state index contributed by atoms with van der Waals surface area (Å²) in [6.07, 6.45) is 16.2. The van der Waals surface area contributed by atoms with Crippen molar-refractivity contribution in [2.45, 2.75) is 121 Å². The maximum atomic E-state index is 13.3.